The van der Waals surface area contributed by atoms with Gasteiger partial charge in [-0.3, -0.25) is 9.80 Å². The predicted molar refractivity (Wildman–Crippen MR) is 228 cm³/mol. The van der Waals surface area contributed by atoms with E-state index in [-0.39, 0.29) is 16.4 Å². The van der Waals surface area contributed by atoms with Crippen LogP contribution >= 0.6 is 0 Å². The molecule has 8 heteroatoms. The Morgan fingerprint density at radius 2 is 0.679 bits per heavy atom. The summed E-state index contributed by atoms with van der Waals surface area (Å²) in [6.07, 6.45) is 38.0. The fraction of sp³-hybridized carbons (Fsp3) is 1.00. The van der Waals surface area contributed by atoms with Crippen LogP contribution < -0.4 is 0 Å². The molecule has 318 valence electrons. The maximum atomic E-state index is 14.4. The Bertz CT molecular complexity index is 1490. The lowest BCUT2D eigenvalue weighted by Gasteiger charge is -2.48. The molecule has 2 heterocycles. The van der Waals surface area contributed by atoms with Crippen molar-refractivity contribution in [3.63, 3.8) is 0 Å². The van der Waals surface area contributed by atoms with Crippen molar-refractivity contribution in [2.24, 2.45) is 35.5 Å². The molecule has 8 aliphatic carbocycles. The molecule has 0 aromatic heterocycles. The molecule has 10 rings (SSSR count). The molecule has 56 heavy (non-hydrogen) atoms. The predicted octanol–water partition coefficient (Wildman–Crippen LogP) is 10.4. The molecule has 10 fully saturated rings. The first-order valence-corrected chi connectivity index (χ1v) is 28.5. The lowest BCUT2D eigenvalue weighted by Crippen LogP contribution is -2.53. The van der Waals surface area contributed by atoms with E-state index >= 15 is 0 Å². The van der Waals surface area contributed by atoms with Crippen LogP contribution in [0, 0.1) is 35.5 Å². The van der Waals surface area contributed by atoms with Crippen LogP contribution in [0.1, 0.15) is 205 Å². The number of hydrogen-bond donors (Lipinski definition) is 0. The summed E-state index contributed by atoms with van der Waals surface area (Å²) in [4.78, 5) is 6.41. The highest BCUT2D eigenvalue weighted by atomic mass is 32.2. The minimum absolute atomic E-state index is 0.242. The van der Waals surface area contributed by atoms with E-state index < -0.39 is 30.2 Å². The smallest absolute Gasteiger partial charge is 0.156 e. The molecule has 2 aliphatic heterocycles. The Kier molecular flexibility index (Phi) is 11.8. The zero-order valence-corrected chi connectivity index (χ0v) is 36.8. The van der Waals surface area contributed by atoms with Gasteiger partial charge in [0, 0.05) is 36.3 Å². The quantitative estimate of drug-likeness (QED) is 0.255. The van der Waals surface area contributed by atoms with Gasteiger partial charge >= 0.3 is 0 Å². The summed E-state index contributed by atoms with van der Waals surface area (Å²) in [5.41, 5.74) is 0. The number of hydrogen-bond acceptors (Lipinski definition) is 6. The van der Waals surface area contributed by atoms with Gasteiger partial charge in [-0.2, -0.15) is 0 Å². The average molecular weight is 813 g/mol. The topological polar surface area (TPSA) is 74.8 Å². The van der Waals surface area contributed by atoms with E-state index in [4.69, 9.17) is 0 Å². The molecule has 0 bridgehead atoms. The van der Waals surface area contributed by atoms with Crippen LogP contribution in [0.5, 0.6) is 0 Å². The molecule has 11 unspecified atom stereocenters. The Morgan fingerprint density at radius 3 is 1.18 bits per heavy atom. The molecule has 0 aromatic rings. The summed E-state index contributed by atoms with van der Waals surface area (Å²) in [5.74, 6) is 4.51. The van der Waals surface area contributed by atoms with Crippen molar-refractivity contribution in [1.82, 2.24) is 9.80 Å². The van der Waals surface area contributed by atoms with E-state index in [9.17, 15) is 16.8 Å². The summed E-state index contributed by atoms with van der Waals surface area (Å²) >= 11 is 0. The van der Waals surface area contributed by atoms with Crippen LogP contribution in [0.2, 0.25) is 0 Å². The number of nitrogens with zero attached hydrogens (tertiary/aromatic N) is 2. The van der Waals surface area contributed by atoms with Gasteiger partial charge in [0.05, 0.1) is 21.0 Å². The van der Waals surface area contributed by atoms with Crippen LogP contribution in [-0.2, 0) is 19.7 Å². The van der Waals surface area contributed by atoms with Gasteiger partial charge < -0.3 is 0 Å². The highest BCUT2D eigenvalue weighted by Crippen LogP contribution is 2.56. The van der Waals surface area contributed by atoms with Crippen molar-refractivity contribution in [3.8, 4) is 0 Å². The largest absolute Gasteiger partial charge is 0.294 e. The van der Waals surface area contributed by atoms with Crippen molar-refractivity contribution >= 4 is 19.7 Å². The Hall–Kier alpha value is -0.180. The fourth-order valence-corrected chi connectivity index (χ4v) is 22.5. The molecule has 0 radical (unpaired) electrons. The molecular weight excluding hydrogens is 733 g/mol. The van der Waals surface area contributed by atoms with Gasteiger partial charge in [-0.25, -0.2) is 16.8 Å². The van der Waals surface area contributed by atoms with Gasteiger partial charge in [0.1, 0.15) is 0 Å². The normalized spacial score (nSPS) is 46.4. The van der Waals surface area contributed by atoms with Crippen molar-refractivity contribution in [1.29, 1.82) is 0 Å². The number of rotatable bonds is 7. The Morgan fingerprint density at radius 1 is 0.286 bits per heavy atom. The van der Waals surface area contributed by atoms with Gasteiger partial charge in [-0.1, -0.05) is 77.0 Å². The third-order valence-electron chi connectivity index (χ3n) is 19.7. The van der Waals surface area contributed by atoms with Crippen LogP contribution in [-0.4, -0.2) is 83.9 Å². The Balaban J connectivity index is 0.840. The molecule has 2 saturated heterocycles. The third-order valence-corrected chi connectivity index (χ3v) is 25.1. The maximum absolute atomic E-state index is 14.4. The minimum atomic E-state index is -3.33. The molecule has 8 saturated carbocycles. The van der Waals surface area contributed by atoms with E-state index in [1.165, 1.54) is 122 Å². The zero-order chi connectivity index (χ0) is 38.0. The van der Waals surface area contributed by atoms with Crippen molar-refractivity contribution in [2.45, 2.75) is 263 Å². The van der Waals surface area contributed by atoms with Crippen LogP contribution in [0.3, 0.4) is 0 Å². The highest BCUT2D eigenvalue weighted by molar-refractivity contribution is 7.93. The lowest BCUT2D eigenvalue weighted by atomic mass is 9.71. The monoisotopic (exact) mass is 813 g/mol. The number of fused-ring (bicyclic) bond motifs is 6. The van der Waals surface area contributed by atoms with Gasteiger partial charge in [0.15, 0.2) is 19.7 Å². The van der Waals surface area contributed by atoms with Gasteiger partial charge in [0.25, 0.3) is 0 Å². The molecule has 6 nitrogen and oxygen atoms in total. The molecule has 0 amide bonds. The van der Waals surface area contributed by atoms with E-state index in [1.807, 2.05) is 0 Å². The van der Waals surface area contributed by atoms with Crippen LogP contribution in [0.4, 0.5) is 0 Å². The zero-order valence-electron chi connectivity index (χ0n) is 35.2. The molecule has 0 spiro atoms. The second kappa shape index (κ2) is 16.6. The first-order chi connectivity index (χ1) is 27.3. The van der Waals surface area contributed by atoms with Crippen molar-refractivity contribution in [3.05, 3.63) is 0 Å². The first-order valence-electron chi connectivity index (χ1n) is 25.3. The molecular formula is C48H80N2O4S2. The molecule has 0 N–H and O–H groups in total. The van der Waals surface area contributed by atoms with Gasteiger partial charge in [0.2, 0.25) is 0 Å². The summed E-state index contributed by atoms with van der Waals surface area (Å²) in [5, 5.41) is -1.39. The van der Waals surface area contributed by atoms with E-state index in [2.05, 4.69) is 9.80 Å². The number of sulfone groups is 2. The van der Waals surface area contributed by atoms with Crippen molar-refractivity contribution in [2.75, 3.05) is 0 Å². The van der Waals surface area contributed by atoms with Crippen LogP contribution in [0.25, 0.3) is 0 Å². The van der Waals surface area contributed by atoms with Gasteiger partial charge in [-0.05, 0) is 164 Å². The first kappa shape index (κ1) is 39.9. The highest BCUT2D eigenvalue weighted by Gasteiger charge is 2.58. The number of likely N-dealkylation sites (tertiary alicyclic amines) is 2. The average Bonchev–Trinajstić information content (AvgIpc) is 3.77. The lowest BCUT2D eigenvalue weighted by molar-refractivity contribution is 0.0142. The molecule has 10 aliphatic rings. The van der Waals surface area contributed by atoms with Crippen LogP contribution in [0.15, 0.2) is 0 Å². The van der Waals surface area contributed by atoms with E-state index in [1.54, 1.807) is 0 Å². The standard InChI is InChI=1S/C48H80N2O4S2/c51-55(52,37-13-3-1-4-14-37)39-29-34(30-40(32-39)56(53,54)38-15-5-2-6-16-38)33-23-25-35(26-24-33)49-47-22-12-9-19-43(47)44-31-36(27-28-48(44)49)50-45-20-10-7-17-41(45)42-18-8-11-21-46(42)50/h33-48H,1-32H2. The van der Waals surface area contributed by atoms with E-state index in [0.717, 1.165) is 131 Å². The van der Waals surface area contributed by atoms with Crippen molar-refractivity contribution < 1.29 is 16.8 Å². The molecule has 11 atom stereocenters. The Labute approximate surface area is 343 Å². The minimum Gasteiger partial charge on any atom is -0.294 e. The second-order valence-corrected chi connectivity index (χ2v) is 27.1. The fourth-order valence-electron chi connectivity index (χ4n) is 17.3. The SMILES string of the molecule is O=S(=O)(C1CCCCC1)C1CC(C2CCC(N3C4CCCCC4C4CC(N5C6CCCCC6C6CCCCC65)CCC43)CC2)CC(S(=O)(=O)C2CCCCC2)C1. The summed E-state index contributed by atoms with van der Waals surface area (Å²) in [7, 11) is -6.66. The second-order valence-electron chi connectivity index (χ2n) is 22.1. The maximum Gasteiger partial charge on any atom is 0.156 e. The summed E-state index contributed by atoms with van der Waals surface area (Å²) in [6.45, 7) is 0. The third kappa shape index (κ3) is 7.26. The molecule has 0 aromatic carbocycles. The van der Waals surface area contributed by atoms with E-state index in [0.29, 0.717) is 18.4 Å². The summed E-state index contributed by atoms with van der Waals surface area (Å²) in [6, 6.07) is 4.85. The van der Waals surface area contributed by atoms with Gasteiger partial charge in [-0.15, -0.1) is 0 Å². The summed E-state index contributed by atoms with van der Waals surface area (Å²) < 4.78 is 57.4.